The lowest BCUT2D eigenvalue weighted by Crippen LogP contribution is -2.39. The highest BCUT2D eigenvalue weighted by Gasteiger charge is 2.39. The molecule has 0 aromatic carbocycles. The lowest BCUT2D eigenvalue weighted by molar-refractivity contribution is -0.132. The van der Waals surface area contributed by atoms with Crippen LogP contribution in [0.1, 0.15) is 52.3 Å². The minimum absolute atomic E-state index is 0.0489. The quantitative estimate of drug-likeness (QED) is 0.896. The van der Waals surface area contributed by atoms with E-state index in [9.17, 15) is 4.79 Å². The van der Waals surface area contributed by atoms with Crippen molar-refractivity contribution in [1.82, 2.24) is 10.2 Å². The van der Waals surface area contributed by atoms with Crippen LogP contribution >= 0.6 is 11.3 Å². The average molecular weight is 280 g/mol. The summed E-state index contributed by atoms with van der Waals surface area (Å²) in [6.07, 6.45) is 2.28. The Morgan fingerprint density at radius 3 is 2.79 bits per heavy atom. The highest BCUT2D eigenvalue weighted by molar-refractivity contribution is 7.07. The van der Waals surface area contributed by atoms with Crippen LogP contribution in [0.25, 0.3) is 0 Å². The van der Waals surface area contributed by atoms with Gasteiger partial charge in [-0.05, 0) is 48.6 Å². The van der Waals surface area contributed by atoms with Crippen molar-refractivity contribution in [3.63, 3.8) is 0 Å². The Balaban J connectivity index is 2.16. The fourth-order valence-electron chi connectivity index (χ4n) is 2.76. The predicted octanol–water partition coefficient (Wildman–Crippen LogP) is 3.39. The number of rotatable bonds is 5. The van der Waals surface area contributed by atoms with E-state index in [1.54, 1.807) is 11.3 Å². The van der Waals surface area contributed by atoms with Crippen molar-refractivity contribution in [2.45, 2.75) is 58.8 Å². The molecule has 0 bridgehead atoms. The Morgan fingerprint density at radius 1 is 1.47 bits per heavy atom. The Kier molecular flexibility index (Phi) is 4.63. The van der Waals surface area contributed by atoms with E-state index >= 15 is 0 Å². The molecule has 4 unspecified atom stereocenters. The highest BCUT2D eigenvalue weighted by Crippen LogP contribution is 2.30. The summed E-state index contributed by atoms with van der Waals surface area (Å²) < 4.78 is 0. The van der Waals surface area contributed by atoms with Gasteiger partial charge in [0.1, 0.15) is 6.17 Å². The third-order valence-electron chi connectivity index (χ3n) is 4.09. The Morgan fingerprint density at radius 2 is 2.21 bits per heavy atom. The van der Waals surface area contributed by atoms with Gasteiger partial charge >= 0.3 is 0 Å². The molecule has 1 aromatic heterocycles. The molecule has 1 aliphatic rings. The lowest BCUT2D eigenvalue weighted by Gasteiger charge is -2.31. The molecule has 0 aliphatic carbocycles. The molecule has 1 amide bonds. The van der Waals surface area contributed by atoms with Crippen molar-refractivity contribution in [3.8, 4) is 0 Å². The molecule has 4 heteroatoms. The van der Waals surface area contributed by atoms with Gasteiger partial charge in [-0.3, -0.25) is 10.1 Å². The molecular weight excluding hydrogens is 256 g/mol. The fourth-order valence-corrected chi connectivity index (χ4v) is 3.44. The number of carbonyl (C=O) groups is 1. The molecule has 4 atom stereocenters. The summed E-state index contributed by atoms with van der Waals surface area (Å²) in [5.41, 5.74) is 1.21. The highest BCUT2D eigenvalue weighted by atomic mass is 32.1. The van der Waals surface area contributed by atoms with E-state index in [-0.39, 0.29) is 24.2 Å². The molecule has 1 fully saturated rings. The summed E-state index contributed by atoms with van der Waals surface area (Å²) in [7, 11) is 0. The zero-order chi connectivity index (χ0) is 14.0. The second-order valence-corrected chi connectivity index (χ2v) is 6.47. The van der Waals surface area contributed by atoms with Crippen LogP contribution in [-0.2, 0) is 4.79 Å². The number of nitrogens with one attached hydrogen (secondary N) is 1. The summed E-state index contributed by atoms with van der Waals surface area (Å²) >= 11 is 1.68. The molecule has 19 heavy (non-hydrogen) atoms. The topological polar surface area (TPSA) is 32.3 Å². The molecule has 2 heterocycles. The Labute approximate surface area is 120 Å². The molecule has 1 N–H and O–H groups in total. The summed E-state index contributed by atoms with van der Waals surface area (Å²) in [5, 5.41) is 7.61. The molecule has 106 valence electrons. The van der Waals surface area contributed by atoms with Crippen LogP contribution in [0.3, 0.4) is 0 Å². The molecule has 0 spiro atoms. The van der Waals surface area contributed by atoms with Gasteiger partial charge < -0.3 is 4.90 Å². The number of thiophene rings is 1. The maximum atomic E-state index is 12.4. The first kappa shape index (κ1) is 14.5. The molecule has 1 aromatic rings. The van der Waals surface area contributed by atoms with Crippen molar-refractivity contribution < 1.29 is 4.79 Å². The van der Waals surface area contributed by atoms with E-state index in [4.69, 9.17) is 0 Å². The van der Waals surface area contributed by atoms with Crippen molar-refractivity contribution in [3.05, 3.63) is 22.4 Å². The summed E-state index contributed by atoms with van der Waals surface area (Å²) in [5.74, 6) is 0.883. The molecule has 1 saturated heterocycles. The van der Waals surface area contributed by atoms with Gasteiger partial charge in [-0.2, -0.15) is 11.3 Å². The molecule has 2 rings (SSSR count). The van der Waals surface area contributed by atoms with Gasteiger partial charge in [-0.15, -0.1) is 0 Å². The third kappa shape index (κ3) is 3.00. The van der Waals surface area contributed by atoms with Gasteiger partial charge in [0.15, 0.2) is 0 Å². The van der Waals surface area contributed by atoms with Crippen LogP contribution in [-0.4, -0.2) is 22.9 Å². The SMILES string of the molecule is CCC(C)CC(C)N1C(=O)C(C)NC1c1ccsc1. The van der Waals surface area contributed by atoms with Crippen LogP contribution in [0, 0.1) is 5.92 Å². The van der Waals surface area contributed by atoms with E-state index in [0.717, 1.165) is 6.42 Å². The molecule has 0 saturated carbocycles. The van der Waals surface area contributed by atoms with Crippen LogP contribution in [0.4, 0.5) is 0 Å². The third-order valence-corrected chi connectivity index (χ3v) is 4.79. The lowest BCUT2D eigenvalue weighted by atomic mass is 9.99. The number of amides is 1. The zero-order valence-corrected chi connectivity index (χ0v) is 13.0. The average Bonchev–Trinajstić information content (AvgIpc) is 2.98. The van der Waals surface area contributed by atoms with Gasteiger partial charge in [0, 0.05) is 6.04 Å². The van der Waals surface area contributed by atoms with Crippen molar-refractivity contribution in [2.75, 3.05) is 0 Å². The summed E-state index contributed by atoms with van der Waals surface area (Å²) in [4.78, 5) is 14.4. The Hall–Kier alpha value is -0.870. The molecule has 1 aliphatic heterocycles. The summed E-state index contributed by atoms with van der Waals surface area (Å²) in [6, 6.07) is 2.31. The van der Waals surface area contributed by atoms with Gasteiger partial charge in [-0.25, -0.2) is 0 Å². The first-order valence-corrected chi connectivity index (χ1v) is 8.09. The normalized spacial score (nSPS) is 26.7. The van der Waals surface area contributed by atoms with Crippen molar-refractivity contribution in [2.24, 2.45) is 5.92 Å². The van der Waals surface area contributed by atoms with Crippen molar-refractivity contribution in [1.29, 1.82) is 0 Å². The largest absolute Gasteiger partial charge is 0.319 e. The molecular formula is C15H24N2OS. The van der Waals surface area contributed by atoms with Gasteiger partial charge in [-0.1, -0.05) is 20.3 Å². The van der Waals surface area contributed by atoms with Crippen LogP contribution in [0.5, 0.6) is 0 Å². The second-order valence-electron chi connectivity index (χ2n) is 5.69. The van der Waals surface area contributed by atoms with E-state index in [2.05, 4.69) is 42.9 Å². The molecule has 3 nitrogen and oxygen atoms in total. The van der Waals surface area contributed by atoms with Gasteiger partial charge in [0.05, 0.1) is 6.04 Å². The van der Waals surface area contributed by atoms with Crippen LogP contribution < -0.4 is 5.32 Å². The first-order valence-electron chi connectivity index (χ1n) is 7.14. The summed E-state index contributed by atoms with van der Waals surface area (Å²) in [6.45, 7) is 8.59. The van der Waals surface area contributed by atoms with Crippen molar-refractivity contribution >= 4 is 17.2 Å². The maximum Gasteiger partial charge on any atom is 0.241 e. The smallest absolute Gasteiger partial charge is 0.241 e. The van der Waals surface area contributed by atoms with E-state index in [0.29, 0.717) is 5.92 Å². The number of carbonyl (C=O) groups excluding carboxylic acids is 1. The van der Waals surface area contributed by atoms with E-state index in [1.165, 1.54) is 12.0 Å². The number of nitrogens with zero attached hydrogens (tertiary/aromatic N) is 1. The monoisotopic (exact) mass is 280 g/mol. The van der Waals surface area contributed by atoms with Crippen LogP contribution in [0.2, 0.25) is 0 Å². The second kappa shape index (κ2) is 6.06. The zero-order valence-electron chi connectivity index (χ0n) is 12.2. The molecule has 0 radical (unpaired) electrons. The van der Waals surface area contributed by atoms with Crippen LogP contribution in [0.15, 0.2) is 16.8 Å². The number of hydrogen-bond acceptors (Lipinski definition) is 3. The van der Waals surface area contributed by atoms with E-state index < -0.39 is 0 Å². The maximum absolute atomic E-state index is 12.4. The standard InChI is InChI=1S/C15H24N2OS/c1-5-10(2)8-11(3)17-14(13-6-7-19-9-13)16-12(4)15(17)18/h6-7,9-12,14,16H,5,8H2,1-4H3. The fraction of sp³-hybridized carbons (Fsp3) is 0.667. The minimum Gasteiger partial charge on any atom is -0.319 e. The minimum atomic E-state index is -0.0794. The number of hydrogen-bond donors (Lipinski definition) is 1. The van der Waals surface area contributed by atoms with E-state index in [1.807, 2.05) is 11.8 Å². The Bertz CT molecular complexity index is 418. The first-order chi connectivity index (χ1) is 9.04. The van der Waals surface area contributed by atoms with Gasteiger partial charge in [0.25, 0.3) is 0 Å². The van der Waals surface area contributed by atoms with Gasteiger partial charge in [0.2, 0.25) is 5.91 Å². The predicted molar refractivity (Wildman–Crippen MR) is 80.0 cm³/mol.